The van der Waals surface area contributed by atoms with Crippen molar-refractivity contribution in [3.05, 3.63) is 77.9 Å². The third kappa shape index (κ3) is 3.55. The number of hydrogen-bond donors (Lipinski definition) is 1. The van der Waals surface area contributed by atoms with Gasteiger partial charge in [0, 0.05) is 16.8 Å². The summed E-state index contributed by atoms with van der Waals surface area (Å²) < 4.78 is 6.29. The van der Waals surface area contributed by atoms with Crippen molar-refractivity contribution < 1.29 is 9.53 Å². The summed E-state index contributed by atoms with van der Waals surface area (Å²) in [6.07, 6.45) is 0. The van der Waals surface area contributed by atoms with Gasteiger partial charge in [0.05, 0.1) is 17.3 Å². The average Bonchev–Trinajstić information content (AvgIpc) is 3.14. The van der Waals surface area contributed by atoms with E-state index in [0.717, 1.165) is 37.8 Å². The van der Waals surface area contributed by atoms with E-state index in [1.54, 1.807) is 42.7 Å². The Balaban J connectivity index is 1.62. The van der Waals surface area contributed by atoms with Crippen molar-refractivity contribution in [1.82, 2.24) is 4.98 Å². The Morgan fingerprint density at radius 3 is 2.56 bits per heavy atom. The van der Waals surface area contributed by atoms with E-state index in [0.29, 0.717) is 5.56 Å². The summed E-state index contributed by atoms with van der Waals surface area (Å²) in [5, 5.41) is 3.95. The van der Waals surface area contributed by atoms with E-state index in [-0.39, 0.29) is 5.91 Å². The molecular weight excluding hydrogens is 356 g/mol. The predicted molar refractivity (Wildman–Crippen MR) is 111 cm³/mol. The van der Waals surface area contributed by atoms with Gasteiger partial charge in [0.2, 0.25) is 0 Å². The van der Waals surface area contributed by atoms with Crippen LogP contribution in [0.1, 0.15) is 15.9 Å². The fraction of sp³-hybridized carbons (Fsp3) is 0.0909. The lowest BCUT2D eigenvalue weighted by atomic mass is 10.1. The number of para-hydroxylation sites is 1. The van der Waals surface area contributed by atoms with Crippen molar-refractivity contribution in [2.24, 2.45) is 0 Å². The van der Waals surface area contributed by atoms with E-state index < -0.39 is 0 Å². The van der Waals surface area contributed by atoms with E-state index in [2.05, 4.69) is 11.4 Å². The molecule has 4 rings (SSSR count). The molecule has 0 radical (unpaired) electrons. The van der Waals surface area contributed by atoms with Gasteiger partial charge in [-0.05, 0) is 55.0 Å². The molecule has 0 saturated heterocycles. The summed E-state index contributed by atoms with van der Waals surface area (Å²) in [7, 11) is 1.60. The Bertz CT molecular complexity index is 1080. The minimum absolute atomic E-state index is 0.151. The fourth-order valence-corrected chi connectivity index (χ4v) is 3.78. The lowest BCUT2D eigenvalue weighted by molar-refractivity contribution is 0.102. The molecule has 1 heterocycles. The fourth-order valence-electron chi connectivity index (χ4n) is 2.82. The number of carbonyl (C=O) groups excluding carboxylic acids is 1. The second kappa shape index (κ2) is 7.21. The Kier molecular flexibility index (Phi) is 4.60. The number of nitrogens with zero attached hydrogens (tertiary/aromatic N) is 1. The number of amides is 1. The molecule has 0 unspecified atom stereocenters. The standard InChI is InChI=1S/C22H18N2O2S/c1-14-7-8-16(22-24-18-5-3-4-6-20(18)27-22)13-19(14)23-21(25)15-9-11-17(26-2)12-10-15/h3-13H,1-2H3,(H,23,25). The topological polar surface area (TPSA) is 51.2 Å². The highest BCUT2D eigenvalue weighted by Crippen LogP contribution is 2.32. The highest BCUT2D eigenvalue weighted by atomic mass is 32.1. The Morgan fingerprint density at radius 2 is 1.81 bits per heavy atom. The van der Waals surface area contributed by atoms with E-state index in [9.17, 15) is 4.79 Å². The van der Waals surface area contributed by atoms with Gasteiger partial charge in [-0.2, -0.15) is 0 Å². The van der Waals surface area contributed by atoms with E-state index in [1.165, 1.54) is 0 Å². The third-order valence-corrected chi connectivity index (χ3v) is 5.46. The maximum Gasteiger partial charge on any atom is 0.255 e. The first kappa shape index (κ1) is 17.2. The zero-order chi connectivity index (χ0) is 18.8. The van der Waals surface area contributed by atoms with Crippen LogP contribution < -0.4 is 10.1 Å². The molecule has 0 atom stereocenters. The predicted octanol–water partition coefficient (Wildman–Crippen LogP) is 5.53. The van der Waals surface area contributed by atoms with Crippen LogP contribution in [0.3, 0.4) is 0 Å². The summed E-state index contributed by atoms with van der Waals surface area (Å²) >= 11 is 1.65. The minimum Gasteiger partial charge on any atom is -0.497 e. The Hall–Kier alpha value is -3.18. The third-order valence-electron chi connectivity index (χ3n) is 4.38. The van der Waals surface area contributed by atoms with Gasteiger partial charge in [0.25, 0.3) is 5.91 Å². The number of carbonyl (C=O) groups is 1. The van der Waals surface area contributed by atoms with Crippen LogP contribution in [0.2, 0.25) is 0 Å². The van der Waals surface area contributed by atoms with Gasteiger partial charge in [0.1, 0.15) is 10.8 Å². The van der Waals surface area contributed by atoms with E-state index in [4.69, 9.17) is 9.72 Å². The summed E-state index contributed by atoms with van der Waals surface area (Å²) in [6, 6.07) is 21.2. The van der Waals surface area contributed by atoms with Gasteiger partial charge in [-0.15, -0.1) is 11.3 Å². The maximum absolute atomic E-state index is 12.6. The number of fused-ring (bicyclic) bond motifs is 1. The van der Waals surface area contributed by atoms with Gasteiger partial charge < -0.3 is 10.1 Å². The monoisotopic (exact) mass is 374 g/mol. The summed E-state index contributed by atoms with van der Waals surface area (Å²) in [6.45, 7) is 1.98. The van der Waals surface area contributed by atoms with Gasteiger partial charge in [-0.3, -0.25) is 4.79 Å². The molecule has 27 heavy (non-hydrogen) atoms. The quantitative estimate of drug-likeness (QED) is 0.511. The SMILES string of the molecule is COc1ccc(C(=O)Nc2cc(-c3nc4ccccc4s3)ccc2C)cc1. The van der Waals surface area contributed by atoms with Crippen molar-refractivity contribution in [2.75, 3.05) is 12.4 Å². The van der Waals surface area contributed by atoms with Crippen molar-refractivity contribution in [1.29, 1.82) is 0 Å². The molecule has 4 aromatic rings. The smallest absolute Gasteiger partial charge is 0.255 e. The molecule has 1 aromatic heterocycles. The Labute approximate surface area is 161 Å². The molecule has 4 nitrogen and oxygen atoms in total. The lowest BCUT2D eigenvalue weighted by Crippen LogP contribution is -2.12. The van der Waals surface area contributed by atoms with Crippen LogP contribution in [0.5, 0.6) is 5.75 Å². The second-order valence-corrected chi connectivity index (χ2v) is 7.23. The van der Waals surface area contributed by atoms with Crippen LogP contribution >= 0.6 is 11.3 Å². The van der Waals surface area contributed by atoms with Gasteiger partial charge >= 0.3 is 0 Å². The summed E-state index contributed by atoms with van der Waals surface area (Å²) in [5.41, 5.74) is 4.35. The van der Waals surface area contributed by atoms with Crippen LogP contribution in [0.15, 0.2) is 66.7 Å². The first-order valence-corrected chi connectivity index (χ1v) is 9.38. The van der Waals surface area contributed by atoms with Crippen molar-refractivity contribution in [3.63, 3.8) is 0 Å². The normalized spacial score (nSPS) is 10.7. The number of hydrogen-bond acceptors (Lipinski definition) is 4. The zero-order valence-electron chi connectivity index (χ0n) is 15.0. The number of nitrogens with one attached hydrogen (secondary N) is 1. The summed E-state index contributed by atoms with van der Waals surface area (Å²) in [5.74, 6) is 0.572. The van der Waals surface area contributed by atoms with Crippen LogP contribution in [0, 0.1) is 6.92 Å². The van der Waals surface area contributed by atoms with Crippen LogP contribution in [0.25, 0.3) is 20.8 Å². The number of ether oxygens (including phenoxy) is 1. The largest absolute Gasteiger partial charge is 0.497 e. The highest BCUT2D eigenvalue weighted by molar-refractivity contribution is 7.21. The van der Waals surface area contributed by atoms with Crippen LogP contribution in [0.4, 0.5) is 5.69 Å². The minimum atomic E-state index is -0.151. The lowest BCUT2D eigenvalue weighted by Gasteiger charge is -2.10. The molecule has 3 aromatic carbocycles. The van der Waals surface area contributed by atoms with Crippen molar-refractivity contribution in [3.8, 4) is 16.3 Å². The van der Waals surface area contributed by atoms with Crippen LogP contribution in [-0.4, -0.2) is 18.0 Å². The molecule has 0 aliphatic rings. The average molecular weight is 374 g/mol. The van der Waals surface area contributed by atoms with Gasteiger partial charge in [-0.25, -0.2) is 4.98 Å². The number of rotatable bonds is 4. The molecule has 0 fully saturated rings. The molecule has 0 bridgehead atoms. The molecular formula is C22H18N2O2S. The van der Waals surface area contributed by atoms with Crippen LogP contribution in [-0.2, 0) is 0 Å². The second-order valence-electron chi connectivity index (χ2n) is 6.20. The molecule has 0 aliphatic heterocycles. The van der Waals surface area contributed by atoms with Gasteiger partial charge in [0.15, 0.2) is 0 Å². The molecule has 134 valence electrons. The molecule has 0 aliphatic carbocycles. The first-order valence-electron chi connectivity index (χ1n) is 8.56. The number of aromatic nitrogens is 1. The maximum atomic E-state index is 12.6. The number of thiazole rings is 1. The number of anilines is 1. The van der Waals surface area contributed by atoms with E-state index in [1.807, 2.05) is 43.3 Å². The zero-order valence-corrected chi connectivity index (χ0v) is 15.8. The highest BCUT2D eigenvalue weighted by Gasteiger charge is 2.11. The molecule has 5 heteroatoms. The summed E-state index contributed by atoms with van der Waals surface area (Å²) in [4.78, 5) is 17.3. The molecule has 0 spiro atoms. The molecule has 1 N–H and O–H groups in total. The molecule has 1 amide bonds. The van der Waals surface area contributed by atoms with E-state index >= 15 is 0 Å². The van der Waals surface area contributed by atoms with Gasteiger partial charge in [-0.1, -0.05) is 24.3 Å². The number of aryl methyl sites for hydroxylation is 1. The first-order chi connectivity index (χ1) is 13.1. The molecule has 0 saturated carbocycles. The van der Waals surface area contributed by atoms with Crippen molar-refractivity contribution >= 4 is 33.1 Å². The van der Waals surface area contributed by atoms with Crippen molar-refractivity contribution in [2.45, 2.75) is 6.92 Å². The number of methoxy groups -OCH3 is 1. The number of benzene rings is 3. The Morgan fingerprint density at radius 1 is 1.04 bits per heavy atom.